The molecule has 0 aliphatic heterocycles. The lowest BCUT2D eigenvalue weighted by molar-refractivity contribution is 0.733. The number of hydrogen-bond donors (Lipinski definition) is 2. The van der Waals surface area contributed by atoms with Crippen LogP contribution in [0.25, 0.3) is 11.4 Å². The van der Waals surface area contributed by atoms with Crippen molar-refractivity contribution in [1.82, 2.24) is 19.9 Å². The summed E-state index contributed by atoms with van der Waals surface area (Å²) in [5.74, 6) is 2.53. The van der Waals surface area contributed by atoms with Crippen LogP contribution in [0, 0.1) is 6.92 Å². The van der Waals surface area contributed by atoms with Crippen LogP contribution in [0.4, 0.5) is 17.6 Å². The summed E-state index contributed by atoms with van der Waals surface area (Å²) in [5, 5.41) is 0. The Labute approximate surface area is 200 Å². The Balaban J connectivity index is 1.70. The fraction of sp³-hybridized carbons (Fsp3) is 0.259. The van der Waals surface area contributed by atoms with Crippen LogP contribution >= 0.6 is 0 Å². The van der Waals surface area contributed by atoms with E-state index in [0.717, 1.165) is 40.4 Å². The molecule has 7 nitrogen and oxygen atoms in total. The van der Waals surface area contributed by atoms with Gasteiger partial charge in [0.2, 0.25) is 5.95 Å². The summed E-state index contributed by atoms with van der Waals surface area (Å²) in [7, 11) is 1.95. The van der Waals surface area contributed by atoms with Crippen molar-refractivity contribution >= 4 is 17.6 Å². The van der Waals surface area contributed by atoms with E-state index in [4.69, 9.17) is 16.5 Å². The zero-order valence-corrected chi connectivity index (χ0v) is 20.1. The van der Waals surface area contributed by atoms with Crippen LogP contribution in [-0.4, -0.2) is 27.0 Å². The van der Waals surface area contributed by atoms with Gasteiger partial charge in [-0.15, -0.1) is 0 Å². The Bertz CT molecular complexity index is 1270. The third-order valence-electron chi connectivity index (χ3n) is 5.98. The molecule has 2 aromatic heterocycles. The van der Waals surface area contributed by atoms with Crippen LogP contribution in [0.2, 0.25) is 0 Å². The molecule has 34 heavy (non-hydrogen) atoms. The van der Waals surface area contributed by atoms with Crippen molar-refractivity contribution in [2.24, 2.45) is 5.73 Å². The van der Waals surface area contributed by atoms with Crippen LogP contribution in [0.15, 0.2) is 66.9 Å². The highest BCUT2D eigenvalue weighted by molar-refractivity contribution is 5.64. The Morgan fingerprint density at radius 1 is 0.941 bits per heavy atom. The van der Waals surface area contributed by atoms with Crippen molar-refractivity contribution in [3.8, 4) is 11.4 Å². The largest absolute Gasteiger partial charge is 0.368 e. The number of benzene rings is 2. The van der Waals surface area contributed by atoms with Crippen molar-refractivity contribution in [2.75, 3.05) is 17.7 Å². The van der Waals surface area contributed by atoms with Gasteiger partial charge in [0.15, 0.2) is 5.82 Å². The van der Waals surface area contributed by atoms with E-state index in [2.05, 4.69) is 46.1 Å². The van der Waals surface area contributed by atoms with E-state index in [0.29, 0.717) is 5.82 Å². The molecule has 2 atom stereocenters. The first-order valence-electron chi connectivity index (χ1n) is 11.4. The fourth-order valence-electron chi connectivity index (χ4n) is 4.25. The highest BCUT2D eigenvalue weighted by atomic mass is 15.2. The highest BCUT2D eigenvalue weighted by Gasteiger charge is 2.22. The average Bonchev–Trinajstić information content (AvgIpc) is 2.83. The first-order valence-corrected chi connectivity index (χ1v) is 11.4. The number of rotatable bonds is 7. The second-order valence-electron chi connectivity index (χ2n) is 8.71. The standard InChI is InChI=1S/C27H31N7/c1-17(15-20-9-8-12-22(16-20)18(2)28)24-19(3)31-27(29)33-26(24)34(4)23-13-14-30-25(32-23)21-10-6-5-7-11-21/h5-14,16-18H,15,28H2,1-4H3,(H2,29,31,33)/t17-,18+/m0/s1. The molecule has 2 heterocycles. The van der Waals surface area contributed by atoms with Gasteiger partial charge in [-0.25, -0.2) is 15.0 Å². The van der Waals surface area contributed by atoms with E-state index in [1.165, 1.54) is 5.56 Å². The normalized spacial score (nSPS) is 12.9. The molecule has 174 valence electrons. The van der Waals surface area contributed by atoms with Gasteiger partial charge in [0.05, 0.1) is 0 Å². The summed E-state index contributed by atoms with van der Waals surface area (Å²) in [6.07, 6.45) is 2.59. The van der Waals surface area contributed by atoms with E-state index >= 15 is 0 Å². The first kappa shape index (κ1) is 23.3. The Hall–Kier alpha value is -3.84. The van der Waals surface area contributed by atoms with Gasteiger partial charge >= 0.3 is 0 Å². The first-order chi connectivity index (χ1) is 16.3. The third-order valence-corrected chi connectivity index (χ3v) is 5.98. The van der Waals surface area contributed by atoms with Crippen molar-refractivity contribution in [3.63, 3.8) is 0 Å². The van der Waals surface area contributed by atoms with Crippen LogP contribution < -0.4 is 16.4 Å². The van der Waals surface area contributed by atoms with Crippen molar-refractivity contribution < 1.29 is 0 Å². The van der Waals surface area contributed by atoms with Gasteiger partial charge in [0, 0.05) is 36.1 Å². The molecule has 7 heteroatoms. The van der Waals surface area contributed by atoms with Gasteiger partial charge in [0.1, 0.15) is 11.6 Å². The van der Waals surface area contributed by atoms with Gasteiger partial charge < -0.3 is 16.4 Å². The number of nitrogen functional groups attached to an aromatic ring is 1. The molecule has 4 rings (SSSR count). The predicted molar refractivity (Wildman–Crippen MR) is 138 cm³/mol. The Morgan fingerprint density at radius 2 is 1.71 bits per heavy atom. The van der Waals surface area contributed by atoms with Crippen LogP contribution in [0.5, 0.6) is 0 Å². The van der Waals surface area contributed by atoms with Gasteiger partial charge in [-0.1, -0.05) is 61.5 Å². The number of nitrogens with zero attached hydrogens (tertiary/aromatic N) is 5. The maximum absolute atomic E-state index is 6.10. The summed E-state index contributed by atoms with van der Waals surface area (Å²) < 4.78 is 0. The van der Waals surface area contributed by atoms with E-state index in [9.17, 15) is 0 Å². The summed E-state index contributed by atoms with van der Waals surface area (Å²) in [5.41, 5.74) is 17.4. The molecular formula is C27H31N7. The number of nitrogens with two attached hydrogens (primary N) is 2. The maximum Gasteiger partial charge on any atom is 0.222 e. The van der Waals surface area contributed by atoms with Gasteiger partial charge in [-0.2, -0.15) is 4.98 Å². The molecular weight excluding hydrogens is 422 g/mol. The molecule has 0 spiro atoms. The number of anilines is 3. The van der Waals surface area contributed by atoms with Gasteiger partial charge in [-0.3, -0.25) is 0 Å². The van der Waals surface area contributed by atoms with Crippen LogP contribution in [-0.2, 0) is 6.42 Å². The second-order valence-corrected chi connectivity index (χ2v) is 8.71. The average molecular weight is 454 g/mol. The zero-order valence-electron chi connectivity index (χ0n) is 20.1. The second kappa shape index (κ2) is 9.97. The Morgan fingerprint density at radius 3 is 2.44 bits per heavy atom. The molecule has 2 aromatic carbocycles. The lowest BCUT2D eigenvalue weighted by atomic mass is 9.91. The number of hydrogen-bond acceptors (Lipinski definition) is 7. The fourth-order valence-corrected chi connectivity index (χ4v) is 4.25. The van der Waals surface area contributed by atoms with E-state index in [1.54, 1.807) is 6.20 Å². The van der Waals surface area contributed by atoms with E-state index in [1.807, 2.05) is 62.2 Å². The van der Waals surface area contributed by atoms with Crippen molar-refractivity contribution in [1.29, 1.82) is 0 Å². The van der Waals surface area contributed by atoms with E-state index in [-0.39, 0.29) is 17.9 Å². The molecule has 0 saturated carbocycles. The topological polar surface area (TPSA) is 107 Å². The zero-order chi connectivity index (χ0) is 24.2. The van der Waals surface area contributed by atoms with Crippen molar-refractivity contribution in [2.45, 2.75) is 39.2 Å². The molecule has 0 bridgehead atoms. The minimum atomic E-state index is -0.00452. The van der Waals surface area contributed by atoms with Crippen LogP contribution in [0.3, 0.4) is 0 Å². The lowest BCUT2D eigenvalue weighted by Crippen LogP contribution is -2.19. The molecule has 0 fully saturated rings. The maximum atomic E-state index is 6.10. The predicted octanol–water partition coefficient (Wildman–Crippen LogP) is 4.96. The summed E-state index contributed by atoms with van der Waals surface area (Å²) in [4.78, 5) is 20.3. The summed E-state index contributed by atoms with van der Waals surface area (Å²) in [6.45, 7) is 6.17. The molecule has 0 aliphatic rings. The van der Waals surface area contributed by atoms with Gasteiger partial charge in [-0.05, 0) is 43.4 Å². The quantitative estimate of drug-likeness (QED) is 0.407. The molecule has 0 radical (unpaired) electrons. The van der Waals surface area contributed by atoms with Crippen LogP contribution in [0.1, 0.15) is 48.2 Å². The number of aromatic nitrogens is 4. The summed E-state index contributed by atoms with van der Waals surface area (Å²) in [6, 6.07) is 20.2. The molecule has 0 unspecified atom stereocenters. The third kappa shape index (κ3) is 5.05. The minimum Gasteiger partial charge on any atom is -0.368 e. The molecule has 4 aromatic rings. The minimum absolute atomic E-state index is 0.00452. The molecule has 0 amide bonds. The lowest BCUT2D eigenvalue weighted by Gasteiger charge is -2.25. The van der Waals surface area contributed by atoms with E-state index < -0.39 is 0 Å². The number of aryl methyl sites for hydroxylation is 1. The Kier molecular flexibility index (Phi) is 6.84. The van der Waals surface area contributed by atoms with Crippen molar-refractivity contribution in [3.05, 3.63) is 89.2 Å². The monoisotopic (exact) mass is 453 g/mol. The molecule has 0 aliphatic carbocycles. The summed E-state index contributed by atoms with van der Waals surface area (Å²) >= 11 is 0. The smallest absolute Gasteiger partial charge is 0.222 e. The molecule has 4 N–H and O–H groups in total. The van der Waals surface area contributed by atoms with Gasteiger partial charge in [0.25, 0.3) is 0 Å². The molecule has 0 saturated heterocycles. The highest BCUT2D eigenvalue weighted by Crippen LogP contribution is 2.34. The SMILES string of the molecule is Cc1nc(N)nc(N(C)c2ccnc(-c3ccccc3)n2)c1[C@@H](C)Cc1cccc([C@@H](C)N)c1.